The van der Waals surface area contributed by atoms with E-state index in [1.807, 2.05) is 6.92 Å². The molecule has 2 aromatic rings. The third kappa shape index (κ3) is 3.19. The Balaban J connectivity index is 2.45. The third-order valence-corrected chi connectivity index (χ3v) is 2.94. The molecule has 0 saturated heterocycles. The van der Waals surface area contributed by atoms with Crippen LogP contribution in [0.2, 0.25) is 5.02 Å². The van der Waals surface area contributed by atoms with Gasteiger partial charge in [-0.05, 0) is 37.3 Å². The first-order valence-electron chi connectivity index (χ1n) is 5.47. The highest BCUT2D eigenvalue weighted by molar-refractivity contribution is 7.80. The zero-order valence-corrected chi connectivity index (χ0v) is 11.6. The third-order valence-electron chi connectivity index (χ3n) is 2.48. The quantitative estimate of drug-likeness (QED) is 0.850. The van der Waals surface area contributed by atoms with Crippen LogP contribution in [0.15, 0.2) is 30.3 Å². The molecular formula is C13H11ClFN3S. The van der Waals surface area contributed by atoms with Crippen LogP contribution in [0.25, 0.3) is 0 Å². The van der Waals surface area contributed by atoms with E-state index in [2.05, 4.69) is 10.3 Å². The van der Waals surface area contributed by atoms with Gasteiger partial charge in [-0.25, -0.2) is 9.37 Å². The molecule has 0 bridgehead atoms. The minimum atomic E-state index is -0.429. The van der Waals surface area contributed by atoms with Crippen LogP contribution in [0.4, 0.5) is 15.9 Å². The second-order valence-electron chi connectivity index (χ2n) is 3.96. The lowest BCUT2D eigenvalue weighted by molar-refractivity contribution is 0.632. The SMILES string of the molecule is Cc1ccc(C(N)=S)c(Nc2cc(Cl)ccc2F)n1. The molecule has 1 heterocycles. The number of rotatable bonds is 3. The lowest BCUT2D eigenvalue weighted by Gasteiger charge is -2.12. The summed E-state index contributed by atoms with van der Waals surface area (Å²) in [6, 6.07) is 7.76. The molecule has 2 rings (SSSR count). The molecule has 1 aromatic carbocycles. The predicted octanol–water partition coefficient (Wildman–Crippen LogP) is 3.56. The first-order chi connectivity index (χ1) is 8.97. The van der Waals surface area contributed by atoms with Gasteiger partial charge in [0, 0.05) is 10.7 Å². The van der Waals surface area contributed by atoms with E-state index < -0.39 is 5.82 Å². The van der Waals surface area contributed by atoms with Gasteiger partial charge < -0.3 is 11.1 Å². The Morgan fingerprint density at radius 3 is 2.79 bits per heavy atom. The number of nitrogens with one attached hydrogen (secondary N) is 1. The molecule has 0 aliphatic heterocycles. The molecule has 0 aliphatic carbocycles. The van der Waals surface area contributed by atoms with E-state index in [1.54, 1.807) is 12.1 Å². The largest absolute Gasteiger partial charge is 0.389 e. The molecule has 0 spiro atoms. The highest BCUT2D eigenvalue weighted by atomic mass is 35.5. The summed E-state index contributed by atoms with van der Waals surface area (Å²) < 4.78 is 13.7. The van der Waals surface area contributed by atoms with Gasteiger partial charge in [-0.15, -0.1) is 0 Å². The molecule has 19 heavy (non-hydrogen) atoms. The van der Waals surface area contributed by atoms with Gasteiger partial charge in [0.1, 0.15) is 16.6 Å². The lowest BCUT2D eigenvalue weighted by atomic mass is 10.2. The second kappa shape index (κ2) is 5.50. The fraction of sp³-hybridized carbons (Fsp3) is 0.0769. The number of thiocarbonyl (C=S) groups is 1. The average molecular weight is 296 g/mol. The monoisotopic (exact) mass is 295 g/mol. The standard InChI is InChI=1S/C13H11ClFN3S/c1-7-2-4-9(12(16)19)13(17-7)18-11-6-8(14)3-5-10(11)15/h2-6H,1H3,(H2,16,19)(H,17,18). The summed E-state index contributed by atoms with van der Waals surface area (Å²) in [7, 11) is 0. The van der Waals surface area contributed by atoms with Crippen LogP contribution >= 0.6 is 23.8 Å². The molecule has 0 fully saturated rings. The van der Waals surface area contributed by atoms with Crippen molar-refractivity contribution in [1.82, 2.24) is 4.98 Å². The van der Waals surface area contributed by atoms with Crippen molar-refractivity contribution in [3.05, 3.63) is 52.4 Å². The molecular weight excluding hydrogens is 285 g/mol. The van der Waals surface area contributed by atoms with Gasteiger partial charge in [-0.2, -0.15) is 0 Å². The van der Waals surface area contributed by atoms with E-state index in [1.165, 1.54) is 18.2 Å². The van der Waals surface area contributed by atoms with Crippen LogP contribution in [0.3, 0.4) is 0 Å². The molecule has 0 aliphatic rings. The van der Waals surface area contributed by atoms with Crippen LogP contribution in [0.5, 0.6) is 0 Å². The Morgan fingerprint density at radius 1 is 1.37 bits per heavy atom. The zero-order valence-electron chi connectivity index (χ0n) is 10.1. The second-order valence-corrected chi connectivity index (χ2v) is 4.84. The number of halogens is 2. The summed E-state index contributed by atoms with van der Waals surface area (Å²) in [6.07, 6.45) is 0. The van der Waals surface area contributed by atoms with E-state index >= 15 is 0 Å². The van der Waals surface area contributed by atoms with E-state index in [4.69, 9.17) is 29.6 Å². The van der Waals surface area contributed by atoms with E-state index in [9.17, 15) is 4.39 Å². The fourth-order valence-corrected chi connectivity index (χ4v) is 1.91. The minimum Gasteiger partial charge on any atom is -0.389 e. The number of nitrogens with two attached hydrogens (primary N) is 1. The van der Waals surface area contributed by atoms with Crippen molar-refractivity contribution in [2.75, 3.05) is 5.32 Å². The maximum Gasteiger partial charge on any atom is 0.146 e. The molecule has 3 N–H and O–H groups in total. The number of nitrogens with zero attached hydrogens (tertiary/aromatic N) is 1. The number of hydrogen-bond acceptors (Lipinski definition) is 3. The van der Waals surface area contributed by atoms with Gasteiger partial charge in [-0.1, -0.05) is 23.8 Å². The first kappa shape index (κ1) is 13.7. The maximum absolute atomic E-state index is 13.7. The molecule has 0 unspecified atom stereocenters. The van der Waals surface area contributed by atoms with Gasteiger partial charge in [0.2, 0.25) is 0 Å². The highest BCUT2D eigenvalue weighted by Crippen LogP contribution is 2.24. The van der Waals surface area contributed by atoms with Gasteiger partial charge in [0.15, 0.2) is 0 Å². The summed E-state index contributed by atoms with van der Waals surface area (Å²) in [6.45, 7) is 1.82. The van der Waals surface area contributed by atoms with Crippen LogP contribution in [-0.4, -0.2) is 9.97 Å². The summed E-state index contributed by atoms with van der Waals surface area (Å²) in [5.41, 5.74) is 7.17. The predicted molar refractivity (Wildman–Crippen MR) is 79.6 cm³/mol. The Hall–Kier alpha value is -1.72. The molecule has 1 aromatic heterocycles. The number of aryl methyl sites for hydroxylation is 1. The zero-order chi connectivity index (χ0) is 14.0. The van der Waals surface area contributed by atoms with Crippen LogP contribution in [0, 0.1) is 12.7 Å². The van der Waals surface area contributed by atoms with Crippen molar-refractivity contribution < 1.29 is 4.39 Å². The Labute approximate surface area is 120 Å². The smallest absolute Gasteiger partial charge is 0.146 e. The van der Waals surface area contributed by atoms with Gasteiger partial charge >= 0.3 is 0 Å². The first-order valence-corrected chi connectivity index (χ1v) is 6.25. The molecule has 98 valence electrons. The van der Waals surface area contributed by atoms with Gasteiger partial charge in [0.25, 0.3) is 0 Å². The van der Waals surface area contributed by atoms with Crippen molar-refractivity contribution in [2.24, 2.45) is 5.73 Å². The Morgan fingerprint density at radius 2 is 2.11 bits per heavy atom. The van der Waals surface area contributed by atoms with Crippen molar-refractivity contribution in [3.8, 4) is 0 Å². The van der Waals surface area contributed by atoms with Crippen molar-refractivity contribution in [1.29, 1.82) is 0 Å². The number of anilines is 2. The summed E-state index contributed by atoms with van der Waals surface area (Å²) in [4.78, 5) is 4.46. The Kier molecular flexibility index (Phi) is 3.97. The molecule has 0 amide bonds. The maximum atomic E-state index is 13.7. The summed E-state index contributed by atoms with van der Waals surface area (Å²) in [5.74, 6) is -0.0183. The van der Waals surface area contributed by atoms with Crippen molar-refractivity contribution in [3.63, 3.8) is 0 Å². The summed E-state index contributed by atoms with van der Waals surface area (Å²) >= 11 is 10.8. The average Bonchev–Trinajstić information content (AvgIpc) is 2.33. The molecule has 0 saturated carbocycles. The molecule has 0 radical (unpaired) electrons. The minimum absolute atomic E-state index is 0.192. The topological polar surface area (TPSA) is 50.9 Å². The van der Waals surface area contributed by atoms with Crippen molar-refractivity contribution in [2.45, 2.75) is 6.92 Å². The van der Waals surface area contributed by atoms with Crippen LogP contribution < -0.4 is 11.1 Å². The number of aromatic nitrogens is 1. The Bertz CT molecular complexity index is 646. The van der Waals surface area contributed by atoms with Gasteiger partial charge in [-0.3, -0.25) is 0 Å². The number of benzene rings is 1. The van der Waals surface area contributed by atoms with Gasteiger partial charge in [0.05, 0.1) is 11.3 Å². The molecule has 3 nitrogen and oxygen atoms in total. The van der Waals surface area contributed by atoms with Crippen LogP contribution in [-0.2, 0) is 0 Å². The van der Waals surface area contributed by atoms with E-state index in [-0.39, 0.29) is 10.7 Å². The number of pyridine rings is 1. The van der Waals surface area contributed by atoms with Crippen LogP contribution in [0.1, 0.15) is 11.3 Å². The van der Waals surface area contributed by atoms with E-state index in [0.29, 0.717) is 16.4 Å². The molecule has 6 heteroatoms. The summed E-state index contributed by atoms with van der Waals surface area (Å²) in [5, 5.41) is 3.29. The fourth-order valence-electron chi connectivity index (χ4n) is 1.57. The van der Waals surface area contributed by atoms with E-state index in [0.717, 1.165) is 5.69 Å². The number of hydrogen-bond donors (Lipinski definition) is 2. The molecule has 0 atom stereocenters. The lowest BCUT2D eigenvalue weighted by Crippen LogP contribution is -2.13. The highest BCUT2D eigenvalue weighted by Gasteiger charge is 2.10. The normalized spacial score (nSPS) is 10.3. The van der Waals surface area contributed by atoms with Crippen molar-refractivity contribution >= 4 is 40.3 Å².